The van der Waals surface area contributed by atoms with Crippen LogP contribution in [-0.2, 0) is 11.3 Å². The summed E-state index contributed by atoms with van der Waals surface area (Å²) in [6, 6.07) is 19.1. The summed E-state index contributed by atoms with van der Waals surface area (Å²) in [5.74, 6) is -0.142. The van der Waals surface area contributed by atoms with E-state index in [1.54, 1.807) is 0 Å². The fraction of sp³-hybridized carbons (Fsp3) is 0.316. The number of amides is 1. The third-order valence-electron chi connectivity index (χ3n) is 3.71. The Hall–Kier alpha value is -2.17. The Bertz CT molecular complexity index is 601. The Morgan fingerprint density at radius 1 is 1.09 bits per heavy atom. The fourth-order valence-electron chi connectivity index (χ4n) is 2.62. The van der Waals surface area contributed by atoms with Crippen LogP contribution in [0, 0.1) is 0 Å². The first kappa shape index (κ1) is 17.2. The van der Waals surface area contributed by atoms with Crippen molar-refractivity contribution in [1.29, 1.82) is 0 Å². The van der Waals surface area contributed by atoms with Gasteiger partial charge < -0.3 is 16.0 Å². The quantitative estimate of drug-likeness (QED) is 0.825. The van der Waals surface area contributed by atoms with Crippen molar-refractivity contribution in [2.75, 3.05) is 13.6 Å². The van der Waals surface area contributed by atoms with Crippen molar-refractivity contribution in [3.8, 4) is 0 Å². The number of hydrogen-bond donors (Lipinski definition) is 2. The predicted octanol–water partition coefficient (Wildman–Crippen LogP) is 2.32. The summed E-state index contributed by atoms with van der Waals surface area (Å²) in [6.45, 7) is 3.62. The summed E-state index contributed by atoms with van der Waals surface area (Å²) < 4.78 is 0. The molecule has 0 saturated heterocycles. The van der Waals surface area contributed by atoms with E-state index in [1.807, 2.05) is 62.5 Å². The van der Waals surface area contributed by atoms with E-state index < -0.39 is 6.04 Å². The molecule has 4 nitrogen and oxygen atoms in total. The third kappa shape index (κ3) is 5.51. The number of nitrogens with one attached hydrogen (secondary N) is 1. The first-order valence-electron chi connectivity index (χ1n) is 7.89. The molecule has 4 heteroatoms. The average Bonchev–Trinajstić information content (AvgIpc) is 2.55. The van der Waals surface area contributed by atoms with Gasteiger partial charge >= 0.3 is 0 Å². The molecule has 0 aliphatic rings. The van der Waals surface area contributed by atoms with Gasteiger partial charge in [-0.15, -0.1) is 0 Å². The van der Waals surface area contributed by atoms with Crippen LogP contribution in [0.4, 0.5) is 0 Å². The van der Waals surface area contributed by atoms with Crippen LogP contribution in [0.1, 0.15) is 24.1 Å². The summed E-state index contributed by atoms with van der Waals surface area (Å²) in [6.07, 6.45) is 0. The molecule has 2 aromatic carbocycles. The van der Waals surface area contributed by atoms with Gasteiger partial charge in [-0.2, -0.15) is 0 Å². The second-order valence-corrected chi connectivity index (χ2v) is 5.98. The molecule has 2 rings (SSSR count). The van der Waals surface area contributed by atoms with Crippen molar-refractivity contribution < 1.29 is 4.79 Å². The number of likely N-dealkylation sites (N-methyl/N-ethyl adjacent to an activating group) is 1. The first-order chi connectivity index (χ1) is 11.1. The second kappa shape index (κ2) is 8.46. The number of nitrogens with two attached hydrogens (primary N) is 1. The van der Waals surface area contributed by atoms with E-state index in [4.69, 9.17) is 5.73 Å². The van der Waals surface area contributed by atoms with Crippen molar-refractivity contribution in [3.63, 3.8) is 0 Å². The summed E-state index contributed by atoms with van der Waals surface area (Å²) in [5.41, 5.74) is 8.10. The van der Waals surface area contributed by atoms with Crippen LogP contribution in [0.5, 0.6) is 0 Å². The van der Waals surface area contributed by atoms with Gasteiger partial charge in [-0.3, -0.25) is 4.79 Å². The van der Waals surface area contributed by atoms with Gasteiger partial charge in [0.25, 0.3) is 0 Å². The largest absolute Gasteiger partial charge is 0.351 e. The number of rotatable bonds is 7. The highest BCUT2D eigenvalue weighted by Crippen LogP contribution is 2.10. The molecule has 2 unspecified atom stereocenters. The van der Waals surface area contributed by atoms with Gasteiger partial charge in [-0.25, -0.2) is 0 Å². The highest BCUT2D eigenvalue weighted by molar-refractivity contribution is 5.83. The molecule has 2 atom stereocenters. The van der Waals surface area contributed by atoms with Crippen molar-refractivity contribution in [2.24, 2.45) is 5.73 Å². The molecule has 1 amide bonds. The predicted molar refractivity (Wildman–Crippen MR) is 93.8 cm³/mol. The molecule has 2 aromatic rings. The lowest BCUT2D eigenvalue weighted by Crippen LogP contribution is -2.44. The normalized spacial score (nSPS) is 13.6. The standard InChI is InChI=1S/C19H25N3O/c1-15(13-22(2)14-16-9-5-3-6-10-16)21-19(23)18(20)17-11-7-4-8-12-17/h3-12,15,18H,13-14,20H2,1-2H3,(H,21,23). The van der Waals surface area contributed by atoms with E-state index in [0.29, 0.717) is 0 Å². The summed E-state index contributed by atoms with van der Waals surface area (Å²) >= 11 is 0. The topological polar surface area (TPSA) is 58.4 Å². The molecular formula is C19H25N3O. The van der Waals surface area contributed by atoms with Crippen molar-refractivity contribution in [2.45, 2.75) is 25.6 Å². The maximum atomic E-state index is 12.2. The highest BCUT2D eigenvalue weighted by Gasteiger charge is 2.18. The van der Waals surface area contributed by atoms with Crippen LogP contribution in [-0.4, -0.2) is 30.4 Å². The van der Waals surface area contributed by atoms with Crippen LogP contribution in [0.2, 0.25) is 0 Å². The number of nitrogens with zero attached hydrogens (tertiary/aromatic N) is 1. The Kier molecular flexibility index (Phi) is 6.32. The SMILES string of the molecule is CC(CN(C)Cc1ccccc1)NC(=O)C(N)c1ccccc1. The van der Waals surface area contributed by atoms with Gasteiger partial charge in [0.05, 0.1) is 0 Å². The molecule has 0 aromatic heterocycles. The zero-order valence-corrected chi connectivity index (χ0v) is 13.8. The second-order valence-electron chi connectivity index (χ2n) is 5.98. The van der Waals surface area contributed by atoms with E-state index in [-0.39, 0.29) is 11.9 Å². The first-order valence-corrected chi connectivity index (χ1v) is 7.89. The minimum absolute atomic E-state index is 0.0333. The van der Waals surface area contributed by atoms with E-state index in [2.05, 4.69) is 22.3 Å². The Morgan fingerprint density at radius 2 is 1.65 bits per heavy atom. The van der Waals surface area contributed by atoms with Crippen molar-refractivity contribution in [3.05, 3.63) is 71.8 Å². The van der Waals surface area contributed by atoms with E-state index in [9.17, 15) is 4.79 Å². The minimum atomic E-state index is -0.627. The maximum Gasteiger partial charge on any atom is 0.241 e. The minimum Gasteiger partial charge on any atom is -0.351 e. The molecule has 0 fully saturated rings. The Labute approximate surface area is 138 Å². The van der Waals surface area contributed by atoms with Gasteiger partial charge in [-0.1, -0.05) is 60.7 Å². The van der Waals surface area contributed by atoms with E-state index in [0.717, 1.165) is 18.7 Å². The zero-order valence-electron chi connectivity index (χ0n) is 13.8. The number of carbonyl (C=O) groups excluding carboxylic acids is 1. The third-order valence-corrected chi connectivity index (χ3v) is 3.71. The van der Waals surface area contributed by atoms with E-state index >= 15 is 0 Å². The van der Waals surface area contributed by atoms with Crippen LogP contribution < -0.4 is 11.1 Å². The Balaban J connectivity index is 1.81. The summed E-state index contributed by atoms with van der Waals surface area (Å²) in [7, 11) is 2.05. The molecule has 0 radical (unpaired) electrons. The smallest absolute Gasteiger partial charge is 0.241 e. The van der Waals surface area contributed by atoms with Crippen molar-refractivity contribution >= 4 is 5.91 Å². The van der Waals surface area contributed by atoms with E-state index in [1.165, 1.54) is 5.56 Å². The molecule has 23 heavy (non-hydrogen) atoms. The van der Waals surface area contributed by atoms with Gasteiger partial charge in [-0.05, 0) is 25.1 Å². The molecule has 0 saturated carbocycles. The highest BCUT2D eigenvalue weighted by atomic mass is 16.2. The number of hydrogen-bond acceptors (Lipinski definition) is 3. The van der Waals surface area contributed by atoms with Gasteiger partial charge in [0.15, 0.2) is 0 Å². The molecule has 3 N–H and O–H groups in total. The van der Waals surface area contributed by atoms with Gasteiger partial charge in [0, 0.05) is 19.1 Å². The molecular weight excluding hydrogens is 286 g/mol. The number of benzene rings is 2. The van der Waals surface area contributed by atoms with Gasteiger partial charge in [0.1, 0.15) is 6.04 Å². The van der Waals surface area contributed by atoms with Crippen molar-refractivity contribution in [1.82, 2.24) is 10.2 Å². The maximum absolute atomic E-state index is 12.2. The zero-order chi connectivity index (χ0) is 16.7. The molecule has 0 aliphatic heterocycles. The fourth-order valence-corrected chi connectivity index (χ4v) is 2.62. The van der Waals surface area contributed by atoms with Crippen LogP contribution in [0.25, 0.3) is 0 Å². The number of carbonyl (C=O) groups is 1. The van der Waals surface area contributed by atoms with Crippen LogP contribution in [0.15, 0.2) is 60.7 Å². The molecule has 0 spiro atoms. The lowest BCUT2D eigenvalue weighted by molar-refractivity contribution is -0.123. The molecule has 122 valence electrons. The average molecular weight is 311 g/mol. The lowest BCUT2D eigenvalue weighted by Gasteiger charge is -2.23. The molecule has 0 aliphatic carbocycles. The lowest BCUT2D eigenvalue weighted by atomic mass is 10.1. The molecule has 0 bridgehead atoms. The summed E-state index contributed by atoms with van der Waals surface area (Å²) in [5, 5.41) is 2.99. The summed E-state index contributed by atoms with van der Waals surface area (Å²) in [4.78, 5) is 14.4. The monoisotopic (exact) mass is 311 g/mol. The molecule has 0 heterocycles. The van der Waals surface area contributed by atoms with Crippen LogP contribution >= 0.6 is 0 Å². The Morgan fingerprint density at radius 3 is 2.26 bits per heavy atom. The van der Waals surface area contributed by atoms with Gasteiger partial charge in [0.2, 0.25) is 5.91 Å². The van der Waals surface area contributed by atoms with Crippen LogP contribution in [0.3, 0.4) is 0 Å².